The lowest BCUT2D eigenvalue weighted by Crippen LogP contribution is -2.35. The standard InChI is InChI=1S/C21H22N4O4S/c26-20(15-25-21(27)19-10-3-2-7-16(19)14-22-25)23-17-8-6-9-18(13-17)30(28,29)24-11-4-1-5-12-24/h2-3,6-10,13-14H,1,4-5,11-12,15H2,(H,23,26). The molecule has 1 N–H and O–H groups in total. The molecule has 1 aromatic heterocycles. The molecular weight excluding hydrogens is 404 g/mol. The van der Waals surface area contributed by atoms with Crippen molar-refractivity contribution < 1.29 is 13.2 Å². The van der Waals surface area contributed by atoms with Crippen molar-refractivity contribution >= 4 is 32.4 Å². The first-order chi connectivity index (χ1) is 14.4. The average Bonchev–Trinajstić information content (AvgIpc) is 2.77. The zero-order chi connectivity index (χ0) is 21.1. The van der Waals surface area contributed by atoms with Crippen LogP contribution >= 0.6 is 0 Å². The van der Waals surface area contributed by atoms with Crippen molar-refractivity contribution in [2.24, 2.45) is 0 Å². The minimum absolute atomic E-state index is 0.142. The number of benzene rings is 2. The van der Waals surface area contributed by atoms with Crippen LogP contribution in [0.3, 0.4) is 0 Å². The summed E-state index contributed by atoms with van der Waals surface area (Å²) in [6.45, 7) is 0.748. The highest BCUT2D eigenvalue weighted by Gasteiger charge is 2.26. The zero-order valence-electron chi connectivity index (χ0n) is 16.3. The van der Waals surface area contributed by atoms with E-state index in [0.717, 1.165) is 23.9 Å². The van der Waals surface area contributed by atoms with E-state index in [1.165, 1.54) is 22.6 Å². The predicted molar refractivity (Wildman–Crippen MR) is 114 cm³/mol. The van der Waals surface area contributed by atoms with E-state index < -0.39 is 15.9 Å². The number of nitrogens with one attached hydrogen (secondary N) is 1. The normalized spacial score (nSPS) is 15.2. The molecule has 1 saturated heterocycles. The molecule has 0 radical (unpaired) electrons. The number of anilines is 1. The molecule has 4 rings (SSSR count). The summed E-state index contributed by atoms with van der Waals surface area (Å²) < 4.78 is 28.3. The number of carbonyl (C=O) groups excluding carboxylic acids is 1. The Kier molecular flexibility index (Phi) is 5.65. The first kappa shape index (κ1) is 20.2. The van der Waals surface area contributed by atoms with Crippen LogP contribution in [0.15, 0.2) is 64.4 Å². The highest BCUT2D eigenvalue weighted by molar-refractivity contribution is 7.89. The van der Waals surface area contributed by atoms with E-state index in [9.17, 15) is 18.0 Å². The van der Waals surface area contributed by atoms with Crippen LogP contribution in [0, 0.1) is 0 Å². The lowest BCUT2D eigenvalue weighted by Gasteiger charge is -2.26. The third-order valence-corrected chi connectivity index (χ3v) is 7.02. The molecule has 2 aromatic carbocycles. The predicted octanol–water partition coefficient (Wildman–Crippen LogP) is 2.21. The van der Waals surface area contributed by atoms with Crippen LogP contribution in [0.5, 0.6) is 0 Å². The summed E-state index contributed by atoms with van der Waals surface area (Å²) in [7, 11) is -3.60. The smallest absolute Gasteiger partial charge is 0.275 e. The number of hydrogen-bond acceptors (Lipinski definition) is 5. The van der Waals surface area contributed by atoms with Gasteiger partial charge in [-0.2, -0.15) is 9.40 Å². The topological polar surface area (TPSA) is 101 Å². The van der Waals surface area contributed by atoms with Crippen molar-refractivity contribution in [1.29, 1.82) is 0 Å². The number of nitrogens with zero attached hydrogens (tertiary/aromatic N) is 3. The molecule has 1 fully saturated rings. The highest BCUT2D eigenvalue weighted by Crippen LogP contribution is 2.22. The van der Waals surface area contributed by atoms with Gasteiger partial charge in [-0.3, -0.25) is 9.59 Å². The molecule has 0 unspecified atom stereocenters. The van der Waals surface area contributed by atoms with Crippen molar-refractivity contribution in [1.82, 2.24) is 14.1 Å². The van der Waals surface area contributed by atoms with E-state index >= 15 is 0 Å². The van der Waals surface area contributed by atoms with Gasteiger partial charge in [-0.15, -0.1) is 0 Å². The summed E-state index contributed by atoms with van der Waals surface area (Å²) in [5.74, 6) is -0.465. The lowest BCUT2D eigenvalue weighted by atomic mass is 10.2. The fraction of sp³-hybridized carbons (Fsp3) is 0.286. The quantitative estimate of drug-likeness (QED) is 0.674. The Hall–Kier alpha value is -3.04. The van der Waals surface area contributed by atoms with Crippen molar-refractivity contribution in [2.75, 3.05) is 18.4 Å². The second-order valence-electron chi connectivity index (χ2n) is 7.24. The Morgan fingerprint density at radius 2 is 1.80 bits per heavy atom. The van der Waals surface area contributed by atoms with Gasteiger partial charge in [0.1, 0.15) is 6.54 Å². The van der Waals surface area contributed by atoms with Gasteiger partial charge in [0.15, 0.2) is 0 Å². The van der Waals surface area contributed by atoms with Crippen LogP contribution < -0.4 is 10.9 Å². The molecule has 0 aliphatic carbocycles. The third kappa shape index (κ3) is 4.12. The maximum absolute atomic E-state index is 12.8. The monoisotopic (exact) mass is 426 g/mol. The van der Waals surface area contributed by atoms with Gasteiger partial charge >= 0.3 is 0 Å². The van der Waals surface area contributed by atoms with Crippen LogP contribution in [-0.4, -0.2) is 41.5 Å². The van der Waals surface area contributed by atoms with Gasteiger partial charge < -0.3 is 5.32 Å². The molecule has 9 heteroatoms. The molecule has 8 nitrogen and oxygen atoms in total. The maximum atomic E-state index is 12.8. The fourth-order valence-corrected chi connectivity index (χ4v) is 5.13. The third-order valence-electron chi connectivity index (χ3n) is 5.13. The number of sulfonamides is 1. The SMILES string of the molecule is O=C(Cn1ncc2ccccc2c1=O)Nc1cccc(S(=O)(=O)N2CCCCC2)c1. The first-order valence-electron chi connectivity index (χ1n) is 9.80. The second kappa shape index (κ2) is 8.37. The first-order valence-corrected chi connectivity index (χ1v) is 11.2. The van der Waals surface area contributed by atoms with E-state index in [2.05, 4.69) is 10.4 Å². The fourth-order valence-electron chi connectivity index (χ4n) is 3.57. The number of rotatable bonds is 5. The van der Waals surface area contributed by atoms with Crippen molar-refractivity contribution in [3.8, 4) is 0 Å². The molecule has 0 bridgehead atoms. The average molecular weight is 426 g/mol. The van der Waals surface area contributed by atoms with Gasteiger partial charge in [0.2, 0.25) is 15.9 Å². The second-order valence-corrected chi connectivity index (χ2v) is 9.17. The van der Waals surface area contributed by atoms with E-state index in [1.54, 1.807) is 30.3 Å². The van der Waals surface area contributed by atoms with Crippen LogP contribution in [0.4, 0.5) is 5.69 Å². The van der Waals surface area contributed by atoms with E-state index in [1.807, 2.05) is 6.07 Å². The number of fused-ring (bicyclic) bond motifs is 1. The van der Waals surface area contributed by atoms with Crippen LogP contribution in [-0.2, 0) is 21.4 Å². The molecule has 0 saturated carbocycles. The Morgan fingerprint density at radius 3 is 2.60 bits per heavy atom. The molecule has 2 heterocycles. The lowest BCUT2D eigenvalue weighted by molar-refractivity contribution is -0.117. The highest BCUT2D eigenvalue weighted by atomic mass is 32.2. The van der Waals surface area contributed by atoms with Crippen molar-refractivity contribution in [2.45, 2.75) is 30.7 Å². The van der Waals surface area contributed by atoms with Gasteiger partial charge in [-0.05, 0) is 37.1 Å². The van der Waals surface area contributed by atoms with Gasteiger partial charge in [-0.1, -0.05) is 30.7 Å². The van der Waals surface area contributed by atoms with Gasteiger partial charge in [0.25, 0.3) is 5.56 Å². The van der Waals surface area contributed by atoms with E-state index in [4.69, 9.17) is 0 Å². The summed E-state index contributed by atoms with van der Waals surface area (Å²) in [5.41, 5.74) is -0.00315. The van der Waals surface area contributed by atoms with Gasteiger partial charge in [0.05, 0.1) is 16.5 Å². The van der Waals surface area contributed by atoms with Crippen LogP contribution in [0.1, 0.15) is 19.3 Å². The number of piperidine rings is 1. The molecule has 30 heavy (non-hydrogen) atoms. The molecule has 1 aliphatic rings. The number of aromatic nitrogens is 2. The Morgan fingerprint density at radius 1 is 1.03 bits per heavy atom. The minimum Gasteiger partial charge on any atom is -0.324 e. The largest absolute Gasteiger partial charge is 0.324 e. The summed E-state index contributed by atoms with van der Waals surface area (Å²) in [5, 5.41) is 7.89. The number of amides is 1. The Bertz CT molecular complexity index is 1250. The van der Waals surface area contributed by atoms with Crippen LogP contribution in [0.2, 0.25) is 0 Å². The maximum Gasteiger partial charge on any atom is 0.275 e. The number of carbonyl (C=O) groups is 1. The number of hydrogen-bond donors (Lipinski definition) is 1. The van der Waals surface area contributed by atoms with E-state index in [-0.39, 0.29) is 17.0 Å². The van der Waals surface area contributed by atoms with Gasteiger partial charge in [0, 0.05) is 24.2 Å². The van der Waals surface area contributed by atoms with E-state index in [0.29, 0.717) is 29.5 Å². The van der Waals surface area contributed by atoms with Crippen molar-refractivity contribution in [3.63, 3.8) is 0 Å². The van der Waals surface area contributed by atoms with Gasteiger partial charge in [-0.25, -0.2) is 13.1 Å². The molecule has 0 atom stereocenters. The van der Waals surface area contributed by atoms with Crippen LogP contribution in [0.25, 0.3) is 10.8 Å². The van der Waals surface area contributed by atoms with Crippen molar-refractivity contribution in [3.05, 3.63) is 65.1 Å². The summed E-state index contributed by atoms with van der Waals surface area (Å²) in [6.07, 6.45) is 4.27. The minimum atomic E-state index is -3.60. The Labute approximate surface area is 174 Å². The summed E-state index contributed by atoms with van der Waals surface area (Å²) in [4.78, 5) is 25.1. The molecule has 1 aliphatic heterocycles. The molecular formula is C21H22N4O4S. The molecule has 0 spiro atoms. The summed E-state index contributed by atoms with van der Waals surface area (Å²) >= 11 is 0. The zero-order valence-corrected chi connectivity index (χ0v) is 17.1. The molecule has 1 amide bonds. The molecule has 3 aromatic rings. The molecule has 156 valence electrons. The summed E-state index contributed by atoms with van der Waals surface area (Å²) in [6, 6.07) is 13.2. The Balaban J connectivity index is 1.51.